The van der Waals surface area contributed by atoms with E-state index in [1.165, 1.54) is 0 Å². The maximum absolute atomic E-state index is 5.50. The lowest BCUT2D eigenvalue weighted by Crippen LogP contribution is -2.21. The second-order valence-electron chi connectivity index (χ2n) is 13.9. The molecule has 0 saturated heterocycles. The minimum absolute atomic E-state index is 0. The van der Waals surface area contributed by atoms with Gasteiger partial charge in [0.1, 0.15) is 16.2 Å². The second kappa shape index (κ2) is 30.3. The molecule has 0 aliphatic rings. The monoisotopic (exact) mass is 1010 g/mol. The Morgan fingerprint density at radius 2 is 0.969 bits per heavy atom. The molecule has 0 spiro atoms. The zero-order valence-corrected chi connectivity index (χ0v) is 41.7. The quantitative estimate of drug-likeness (QED) is 0.0378. The number of hydrogen-bond acceptors (Lipinski definition) is 21. The smallest absolute Gasteiger partial charge is 0.222 e. The molecule has 6 rings (SSSR count). The van der Waals surface area contributed by atoms with Gasteiger partial charge >= 0.3 is 0 Å². The molecule has 344 valence electrons. The third-order valence-corrected chi connectivity index (χ3v) is 11.1. The third kappa shape index (κ3) is 19.9. The number of halogens is 2. The van der Waals surface area contributed by atoms with Crippen molar-refractivity contribution in [2.24, 2.45) is 23.5 Å². The summed E-state index contributed by atoms with van der Waals surface area (Å²) in [5.74, 6) is 5.18. The normalized spacial score (nSPS) is 11.8. The van der Waals surface area contributed by atoms with Crippen LogP contribution in [0.2, 0.25) is 0 Å². The van der Waals surface area contributed by atoms with Crippen molar-refractivity contribution in [2.45, 2.75) is 35.5 Å². The molecule has 6 heterocycles. The molecule has 18 nitrogen and oxygen atoms in total. The summed E-state index contributed by atoms with van der Waals surface area (Å²) in [5, 5.41) is 16.2. The first-order valence-electron chi connectivity index (χ1n) is 19.9. The Morgan fingerprint density at radius 1 is 0.547 bits per heavy atom. The molecule has 6 aromatic heterocycles. The number of nitrogens with two attached hydrogens (primary N) is 1. The molecule has 0 radical (unpaired) electrons. The van der Waals surface area contributed by atoms with Crippen LogP contribution in [0.4, 0.5) is 29.5 Å². The van der Waals surface area contributed by atoms with E-state index < -0.39 is 0 Å². The number of pyridine rings is 1. The number of anilines is 5. The summed E-state index contributed by atoms with van der Waals surface area (Å²) in [6.45, 7) is 10.9. The third-order valence-electron chi connectivity index (χ3n) is 8.60. The SMILES string of the molecule is COc1ncccc1-c1cnc(NCC(C)CNc2ncc(SC)cn2)cn1.CSc1cnc(NCC(C)CN)nc1.CSc1cnc(NCC(C)CNc2cnc(Br)cn2)nc1.Cl. The van der Waals surface area contributed by atoms with E-state index in [0.717, 1.165) is 74.9 Å². The molecule has 64 heavy (non-hydrogen) atoms. The van der Waals surface area contributed by atoms with Crippen LogP contribution in [-0.2, 0) is 0 Å². The number of thioether (sulfide) groups is 3. The van der Waals surface area contributed by atoms with Crippen molar-refractivity contribution >= 4 is 93.1 Å². The van der Waals surface area contributed by atoms with E-state index >= 15 is 0 Å². The maximum atomic E-state index is 5.50. The summed E-state index contributed by atoms with van der Waals surface area (Å²) < 4.78 is 6.00. The van der Waals surface area contributed by atoms with Gasteiger partial charge in [0.2, 0.25) is 23.7 Å². The first-order chi connectivity index (χ1) is 30.6. The van der Waals surface area contributed by atoms with Crippen molar-refractivity contribution < 1.29 is 4.74 Å². The van der Waals surface area contributed by atoms with E-state index in [0.29, 0.717) is 48.0 Å². The molecular weight excluding hydrogens is 958 g/mol. The highest BCUT2D eigenvalue weighted by Gasteiger charge is 2.10. The minimum atomic E-state index is 0. The van der Waals surface area contributed by atoms with E-state index in [1.807, 2.05) is 68.1 Å². The lowest BCUT2D eigenvalue weighted by molar-refractivity contribution is 0.399. The topological polar surface area (TPSA) is 237 Å². The van der Waals surface area contributed by atoms with Gasteiger partial charge in [-0.2, -0.15) is 0 Å². The summed E-state index contributed by atoms with van der Waals surface area (Å²) >= 11 is 8.15. The molecule has 0 aliphatic carbocycles. The predicted molar refractivity (Wildman–Crippen MR) is 269 cm³/mol. The predicted octanol–water partition coefficient (Wildman–Crippen LogP) is 7.76. The first kappa shape index (κ1) is 53.5. The van der Waals surface area contributed by atoms with Gasteiger partial charge in [0.15, 0.2) is 0 Å². The Bertz CT molecular complexity index is 2150. The van der Waals surface area contributed by atoms with E-state index in [2.05, 4.69) is 118 Å². The van der Waals surface area contributed by atoms with E-state index in [-0.39, 0.29) is 12.4 Å². The maximum Gasteiger partial charge on any atom is 0.222 e. The first-order valence-corrected chi connectivity index (χ1v) is 24.4. The van der Waals surface area contributed by atoms with Crippen LogP contribution in [0, 0.1) is 17.8 Å². The van der Waals surface area contributed by atoms with E-state index in [9.17, 15) is 0 Å². The summed E-state index contributed by atoms with van der Waals surface area (Å²) in [4.78, 5) is 50.0. The standard InChI is InChI=1S/C19H23N7OS.C13H17BrN6S.C9H16N4S.ClH/c1-13(8-24-19-25-9-14(28-3)10-26-19)7-22-17-12-21-16(11-23-17)15-5-4-6-20-18(15)27-2;1-9(3-16-12-8-15-11(14)7-17-12)4-18-13-19-5-10(21-2)6-20-13;1-7(3-10)4-11-9-12-5-8(14-2)6-13-9;/h4-6,9-13H,7-8H2,1-3H3,(H,22,23)(H,24,25,26);5-9H,3-4H2,1-2H3,(H,16,17)(H,18,19,20);5-7H,3-4,10H2,1-2H3,(H,11,12,13);1H. The van der Waals surface area contributed by atoms with Crippen molar-refractivity contribution in [3.05, 3.63) is 84.9 Å². The Morgan fingerprint density at radius 3 is 1.34 bits per heavy atom. The summed E-state index contributed by atoms with van der Waals surface area (Å²) in [6, 6.07) is 3.75. The van der Waals surface area contributed by atoms with Gasteiger partial charge in [-0.15, -0.1) is 47.7 Å². The van der Waals surface area contributed by atoms with Crippen molar-refractivity contribution in [2.75, 3.05) is 91.7 Å². The molecule has 3 unspecified atom stereocenters. The number of nitrogens with one attached hydrogen (secondary N) is 5. The number of ether oxygens (including phenoxy) is 1. The van der Waals surface area contributed by atoms with E-state index in [1.54, 1.807) is 73.4 Å². The fraction of sp³-hybridized carbons (Fsp3) is 0.390. The summed E-state index contributed by atoms with van der Waals surface area (Å²) in [6.07, 6.45) is 25.4. The Kier molecular flexibility index (Phi) is 25.3. The molecule has 3 atom stereocenters. The number of nitrogens with zero attached hydrogens (tertiary/aromatic N) is 11. The molecule has 0 fully saturated rings. The number of hydrogen-bond donors (Lipinski definition) is 6. The second-order valence-corrected chi connectivity index (χ2v) is 17.3. The van der Waals surface area contributed by atoms with Gasteiger partial charge in [0.05, 0.1) is 43.2 Å². The van der Waals surface area contributed by atoms with E-state index in [4.69, 9.17) is 10.5 Å². The van der Waals surface area contributed by atoms with Crippen LogP contribution in [0.5, 0.6) is 5.88 Å². The van der Waals surface area contributed by atoms with Gasteiger partial charge in [-0.1, -0.05) is 20.8 Å². The molecular formula is C41H57BrClN17OS3. The molecule has 0 aliphatic heterocycles. The van der Waals surface area contributed by atoms with Crippen molar-refractivity contribution in [3.8, 4) is 17.1 Å². The van der Waals surface area contributed by atoms with Gasteiger partial charge in [-0.05, 0) is 71.1 Å². The van der Waals surface area contributed by atoms with Crippen LogP contribution >= 0.6 is 63.6 Å². The van der Waals surface area contributed by atoms with Crippen LogP contribution in [0.25, 0.3) is 11.3 Å². The summed E-state index contributed by atoms with van der Waals surface area (Å²) in [7, 11) is 1.59. The van der Waals surface area contributed by atoms with Gasteiger partial charge in [0, 0.05) is 90.8 Å². The number of methoxy groups -OCH3 is 1. The van der Waals surface area contributed by atoms with Gasteiger partial charge < -0.3 is 37.1 Å². The lowest BCUT2D eigenvalue weighted by Gasteiger charge is -2.14. The van der Waals surface area contributed by atoms with Crippen LogP contribution in [0.15, 0.2) is 99.6 Å². The van der Waals surface area contributed by atoms with Crippen molar-refractivity contribution in [3.63, 3.8) is 0 Å². The van der Waals surface area contributed by atoms with Gasteiger partial charge in [0.25, 0.3) is 0 Å². The zero-order chi connectivity index (χ0) is 45.2. The Balaban J connectivity index is 0.000000268. The molecule has 0 amide bonds. The zero-order valence-electron chi connectivity index (χ0n) is 36.9. The summed E-state index contributed by atoms with van der Waals surface area (Å²) in [5.41, 5.74) is 7.03. The Labute approximate surface area is 403 Å². The molecule has 7 N–H and O–H groups in total. The van der Waals surface area contributed by atoms with Crippen molar-refractivity contribution in [1.82, 2.24) is 54.8 Å². The molecule has 0 saturated carbocycles. The van der Waals surface area contributed by atoms with Crippen LogP contribution in [0.1, 0.15) is 20.8 Å². The average Bonchev–Trinajstić information content (AvgIpc) is 3.34. The van der Waals surface area contributed by atoms with Gasteiger partial charge in [-0.3, -0.25) is 4.98 Å². The number of aromatic nitrogens is 11. The minimum Gasteiger partial charge on any atom is -0.481 e. The highest BCUT2D eigenvalue weighted by molar-refractivity contribution is 9.10. The van der Waals surface area contributed by atoms with Gasteiger partial charge in [-0.25, -0.2) is 49.8 Å². The molecule has 0 aromatic carbocycles. The fourth-order valence-electron chi connectivity index (χ4n) is 4.83. The van der Waals surface area contributed by atoms with Crippen LogP contribution in [-0.4, -0.2) is 120 Å². The molecule has 6 aromatic rings. The molecule has 0 bridgehead atoms. The van der Waals surface area contributed by atoms with Crippen LogP contribution in [0.3, 0.4) is 0 Å². The lowest BCUT2D eigenvalue weighted by atomic mass is 10.2. The number of rotatable bonds is 21. The van der Waals surface area contributed by atoms with Crippen LogP contribution < -0.4 is 37.1 Å². The van der Waals surface area contributed by atoms with Crippen molar-refractivity contribution in [1.29, 1.82) is 0 Å². The fourth-order valence-corrected chi connectivity index (χ4v) is 5.98. The Hall–Kier alpha value is -4.87. The average molecular weight is 1020 g/mol. The highest BCUT2D eigenvalue weighted by atomic mass is 79.9. The largest absolute Gasteiger partial charge is 0.481 e. The molecule has 23 heteroatoms. The highest BCUT2D eigenvalue weighted by Crippen LogP contribution is 2.25.